The molecule has 0 rings (SSSR count). The van der Waals surface area contributed by atoms with Crippen molar-refractivity contribution in [3.05, 3.63) is 6.42 Å². The molecule has 0 atom stereocenters. The van der Waals surface area contributed by atoms with Crippen molar-refractivity contribution in [3.8, 4) is 0 Å². The van der Waals surface area contributed by atoms with E-state index in [1.165, 1.54) is 5.75 Å². The van der Waals surface area contributed by atoms with E-state index in [1.54, 1.807) is 0 Å². The fourth-order valence-corrected chi connectivity index (χ4v) is 0.866. The summed E-state index contributed by atoms with van der Waals surface area (Å²) in [5.74, 6) is 1.95. The van der Waals surface area contributed by atoms with Gasteiger partial charge < -0.3 is 0 Å². The molecular formula is C6H13S. The summed E-state index contributed by atoms with van der Waals surface area (Å²) in [5.41, 5.74) is 0. The van der Waals surface area contributed by atoms with Crippen molar-refractivity contribution in [1.29, 1.82) is 0 Å². The molecule has 0 aromatic carbocycles. The first kappa shape index (κ1) is 7.35. The molecule has 43 valence electrons. The average Bonchev–Trinajstić information content (AvgIpc) is 1.61. The van der Waals surface area contributed by atoms with Crippen LogP contribution in [-0.2, 0) is 0 Å². The van der Waals surface area contributed by atoms with Crippen LogP contribution in [0.4, 0.5) is 0 Å². The van der Waals surface area contributed by atoms with Gasteiger partial charge in [0, 0.05) is 0 Å². The van der Waals surface area contributed by atoms with Gasteiger partial charge in [0.15, 0.2) is 0 Å². The highest BCUT2D eigenvalue weighted by molar-refractivity contribution is 7.98. The standard InChI is InChI=1S/C6H13S/c1-6(2)4-5-7-3/h4,6H,5H2,1-3H3. The summed E-state index contributed by atoms with van der Waals surface area (Å²) in [6.45, 7) is 4.41. The van der Waals surface area contributed by atoms with Crippen LogP contribution in [0.15, 0.2) is 0 Å². The van der Waals surface area contributed by atoms with Crippen LogP contribution in [0.1, 0.15) is 13.8 Å². The lowest BCUT2D eigenvalue weighted by Crippen LogP contribution is -1.88. The molecule has 0 aromatic heterocycles. The molecule has 0 saturated carbocycles. The van der Waals surface area contributed by atoms with Gasteiger partial charge in [-0.3, -0.25) is 0 Å². The van der Waals surface area contributed by atoms with Crippen LogP contribution >= 0.6 is 11.8 Å². The summed E-state index contributed by atoms with van der Waals surface area (Å²) in [5, 5.41) is 0. The number of hydrogen-bond donors (Lipinski definition) is 0. The molecule has 1 radical (unpaired) electrons. The predicted octanol–water partition coefficient (Wildman–Crippen LogP) is 2.21. The van der Waals surface area contributed by atoms with E-state index >= 15 is 0 Å². The first-order valence-corrected chi connectivity index (χ1v) is 3.99. The zero-order valence-electron chi connectivity index (χ0n) is 5.27. The van der Waals surface area contributed by atoms with Gasteiger partial charge in [-0.2, -0.15) is 11.8 Å². The molecule has 0 aliphatic carbocycles. The van der Waals surface area contributed by atoms with Crippen LogP contribution in [0.5, 0.6) is 0 Å². The Kier molecular flexibility index (Phi) is 4.73. The third-order valence-corrected chi connectivity index (χ3v) is 1.26. The number of rotatable bonds is 3. The first-order chi connectivity index (χ1) is 3.27. The van der Waals surface area contributed by atoms with Crippen LogP contribution in [0.25, 0.3) is 0 Å². The minimum atomic E-state index is 0.757. The Morgan fingerprint density at radius 2 is 2.14 bits per heavy atom. The van der Waals surface area contributed by atoms with Gasteiger partial charge in [0.2, 0.25) is 0 Å². The van der Waals surface area contributed by atoms with Gasteiger partial charge in [-0.25, -0.2) is 0 Å². The van der Waals surface area contributed by atoms with Crippen molar-refractivity contribution in [3.63, 3.8) is 0 Å². The first-order valence-electron chi connectivity index (χ1n) is 2.59. The second-order valence-corrected chi connectivity index (χ2v) is 2.85. The Labute approximate surface area is 50.7 Å². The van der Waals surface area contributed by atoms with Gasteiger partial charge in [-0.05, 0) is 24.3 Å². The molecule has 0 heterocycles. The largest absolute Gasteiger partial charge is 0.165 e. The molecule has 0 aliphatic heterocycles. The number of thioether (sulfide) groups is 1. The highest BCUT2D eigenvalue weighted by Gasteiger charge is 1.89. The van der Waals surface area contributed by atoms with E-state index in [0.717, 1.165) is 5.92 Å². The summed E-state index contributed by atoms with van der Waals surface area (Å²) in [4.78, 5) is 0. The fourth-order valence-electron chi connectivity index (χ4n) is 0.289. The van der Waals surface area contributed by atoms with E-state index in [1.807, 2.05) is 11.8 Å². The quantitative estimate of drug-likeness (QED) is 0.546. The van der Waals surface area contributed by atoms with Crippen molar-refractivity contribution in [2.24, 2.45) is 5.92 Å². The van der Waals surface area contributed by atoms with Gasteiger partial charge >= 0.3 is 0 Å². The maximum Gasteiger partial charge on any atom is -0.00364 e. The molecular weight excluding hydrogens is 104 g/mol. The van der Waals surface area contributed by atoms with Crippen molar-refractivity contribution in [2.75, 3.05) is 12.0 Å². The second kappa shape index (κ2) is 4.51. The van der Waals surface area contributed by atoms with E-state index in [2.05, 4.69) is 26.5 Å². The summed E-state index contributed by atoms with van der Waals surface area (Å²) in [6, 6.07) is 0. The zero-order chi connectivity index (χ0) is 5.70. The monoisotopic (exact) mass is 117 g/mol. The molecule has 0 nitrogen and oxygen atoms in total. The summed E-state index contributed by atoms with van der Waals surface area (Å²) in [7, 11) is 0. The lowest BCUT2D eigenvalue weighted by atomic mass is 10.2. The predicted molar refractivity (Wildman–Crippen MR) is 37.5 cm³/mol. The molecule has 0 N–H and O–H groups in total. The Bertz CT molecular complexity index is 33.2. The maximum absolute atomic E-state index is 2.31. The van der Waals surface area contributed by atoms with E-state index in [-0.39, 0.29) is 0 Å². The maximum atomic E-state index is 2.31. The van der Waals surface area contributed by atoms with E-state index in [0.29, 0.717) is 0 Å². The van der Waals surface area contributed by atoms with Crippen molar-refractivity contribution >= 4 is 11.8 Å². The van der Waals surface area contributed by atoms with Gasteiger partial charge in [-0.1, -0.05) is 13.8 Å². The van der Waals surface area contributed by atoms with E-state index < -0.39 is 0 Å². The van der Waals surface area contributed by atoms with Crippen molar-refractivity contribution in [1.82, 2.24) is 0 Å². The third kappa shape index (κ3) is 6.35. The molecule has 7 heavy (non-hydrogen) atoms. The van der Waals surface area contributed by atoms with Gasteiger partial charge in [0.1, 0.15) is 0 Å². The Balaban J connectivity index is 2.68. The van der Waals surface area contributed by atoms with Gasteiger partial charge in [0.25, 0.3) is 0 Å². The Morgan fingerprint density at radius 1 is 1.57 bits per heavy atom. The van der Waals surface area contributed by atoms with Crippen molar-refractivity contribution < 1.29 is 0 Å². The van der Waals surface area contributed by atoms with Crippen LogP contribution in [-0.4, -0.2) is 12.0 Å². The van der Waals surface area contributed by atoms with Crippen LogP contribution in [0.3, 0.4) is 0 Å². The summed E-state index contributed by atoms with van der Waals surface area (Å²) < 4.78 is 0. The lowest BCUT2D eigenvalue weighted by molar-refractivity contribution is 0.766. The SMILES string of the molecule is CSC[CH]C(C)C. The fraction of sp³-hybridized carbons (Fsp3) is 0.833. The van der Waals surface area contributed by atoms with Gasteiger partial charge in [-0.15, -0.1) is 0 Å². The van der Waals surface area contributed by atoms with E-state index in [9.17, 15) is 0 Å². The van der Waals surface area contributed by atoms with Crippen LogP contribution in [0.2, 0.25) is 0 Å². The smallest absolute Gasteiger partial charge is 0.00364 e. The minimum Gasteiger partial charge on any atom is -0.165 e. The highest BCUT2D eigenvalue weighted by atomic mass is 32.2. The average molecular weight is 117 g/mol. The second-order valence-electron chi connectivity index (χ2n) is 1.94. The zero-order valence-corrected chi connectivity index (χ0v) is 6.09. The van der Waals surface area contributed by atoms with Gasteiger partial charge in [0.05, 0.1) is 0 Å². The van der Waals surface area contributed by atoms with E-state index in [4.69, 9.17) is 0 Å². The topological polar surface area (TPSA) is 0 Å². The highest BCUT2D eigenvalue weighted by Crippen LogP contribution is 2.02. The van der Waals surface area contributed by atoms with Crippen LogP contribution in [0, 0.1) is 12.3 Å². The summed E-state index contributed by atoms with van der Waals surface area (Å²) in [6.07, 6.45) is 4.43. The normalized spacial score (nSPS) is 10.3. The molecule has 0 aromatic rings. The molecule has 1 heteroatoms. The molecule has 0 unspecified atom stereocenters. The molecule has 0 amide bonds. The van der Waals surface area contributed by atoms with Crippen LogP contribution < -0.4 is 0 Å². The third-order valence-electron chi connectivity index (χ3n) is 0.734. The molecule has 0 bridgehead atoms. The Hall–Kier alpha value is 0.350. The lowest BCUT2D eigenvalue weighted by Gasteiger charge is -1.98. The van der Waals surface area contributed by atoms with Crippen molar-refractivity contribution in [2.45, 2.75) is 13.8 Å². The Morgan fingerprint density at radius 3 is 2.29 bits per heavy atom. The molecule has 0 spiro atoms. The summed E-state index contributed by atoms with van der Waals surface area (Å²) >= 11 is 1.87. The molecule has 0 aliphatic rings. The molecule has 0 saturated heterocycles. The number of hydrogen-bond acceptors (Lipinski definition) is 1. The molecule has 0 fully saturated rings. The minimum absolute atomic E-state index is 0.757.